The third-order valence-electron chi connectivity index (χ3n) is 4.44. The summed E-state index contributed by atoms with van der Waals surface area (Å²) >= 11 is 7.63. The molecule has 0 amide bonds. The van der Waals surface area contributed by atoms with Gasteiger partial charge in [0.2, 0.25) is 0 Å². The number of halogens is 2. The Bertz CT molecular complexity index is 312. The van der Waals surface area contributed by atoms with E-state index < -0.39 is 0 Å². The third kappa shape index (κ3) is 0.687. The number of fused-ring (bicyclic) bond motifs is 3. The molecule has 0 saturated heterocycles. The van der Waals surface area contributed by atoms with Gasteiger partial charge in [-0.15, -0.1) is 0 Å². The fourth-order valence-electron chi connectivity index (χ4n) is 3.95. The molecule has 0 aromatic carbocycles. The van der Waals surface area contributed by atoms with Crippen molar-refractivity contribution in [1.82, 2.24) is 0 Å². The molecule has 0 radical (unpaired) electrons. The maximum Gasteiger partial charge on any atom is 0.0880 e. The van der Waals surface area contributed by atoms with E-state index in [9.17, 15) is 0 Å². The molecule has 0 spiro atoms. The van der Waals surface area contributed by atoms with Crippen molar-refractivity contribution < 1.29 is 0 Å². The fourth-order valence-corrected chi connectivity index (χ4v) is 6.04. The molecular weight excluding hydrogens is 292 g/mol. The van der Waals surface area contributed by atoms with Crippen molar-refractivity contribution in [3.8, 4) is 0 Å². The minimum Gasteiger partial charge on any atom is -0.0841 e. The average Bonchev–Trinajstić information content (AvgIpc) is 2.56. The second kappa shape index (κ2) is 2.01. The Morgan fingerprint density at radius 2 is 1.38 bits per heavy atom. The Balaban J connectivity index is 1.85. The molecule has 0 aliphatic heterocycles. The zero-order valence-corrected chi connectivity index (χ0v) is 10.2. The molecule has 0 aromatic heterocycles. The third-order valence-corrected chi connectivity index (χ3v) is 6.56. The van der Waals surface area contributed by atoms with Gasteiger partial charge in [-0.1, -0.05) is 56.2 Å². The Hall–Kier alpha value is 0.440. The molecule has 4 unspecified atom stereocenters. The van der Waals surface area contributed by atoms with Gasteiger partial charge in [0.15, 0.2) is 0 Å². The molecule has 0 bridgehead atoms. The van der Waals surface area contributed by atoms with E-state index in [0.29, 0.717) is 0 Å². The van der Waals surface area contributed by atoms with Gasteiger partial charge in [0.25, 0.3) is 0 Å². The highest BCUT2D eigenvalue weighted by Gasteiger charge is 2.75. The van der Waals surface area contributed by atoms with Crippen LogP contribution in [0, 0.1) is 35.5 Å². The zero-order valence-electron chi connectivity index (χ0n) is 7.03. The Morgan fingerprint density at radius 3 is 1.92 bits per heavy atom. The van der Waals surface area contributed by atoms with Crippen molar-refractivity contribution in [2.45, 2.75) is 3.23 Å². The molecule has 0 heterocycles. The van der Waals surface area contributed by atoms with E-state index in [2.05, 4.69) is 56.2 Å². The van der Waals surface area contributed by atoms with Crippen LogP contribution < -0.4 is 0 Å². The lowest BCUT2D eigenvalue weighted by atomic mass is 9.85. The van der Waals surface area contributed by atoms with E-state index in [1.165, 1.54) is 0 Å². The van der Waals surface area contributed by atoms with Crippen molar-refractivity contribution in [2.75, 3.05) is 0 Å². The first-order chi connectivity index (χ1) is 6.21. The zero-order chi connectivity index (χ0) is 8.79. The summed E-state index contributed by atoms with van der Waals surface area (Å²) in [7, 11) is 0. The van der Waals surface area contributed by atoms with Crippen molar-refractivity contribution in [1.29, 1.82) is 0 Å². The Kier molecular flexibility index (Phi) is 1.19. The first kappa shape index (κ1) is 7.70. The van der Waals surface area contributed by atoms with Crippen LogP contribution >= 0.6 is 31.9 Å². The molecule has 2 saturated carbocycles. The summed E-state index contributed by atoms with van der Waals surface area (Å²) in [6.45, 7) is 0. The SMILES string of the molecule is BrC1(Br)C2C3C=CC4C=CC(C43)C21. The van der Waals surface area contributed by atoms with Crippen molar-refractivity contribution in [3.63, 3.8) is 0 Å². The highest BCUT2D eigenvalue weighted by Crippen LogP contribution is 2.78. The lowest BCUT2D eigenvalue weighted by Gasteiger charge is -2.22. The second-order valence-electron chi connectivity index (χ2n) is 4.81. The van der Waals surface area contributed by atoms with Crippen LogP contribution in [0.2, 0.25) is 0 Å². The Morgan fingerprint density at radius 1 is 0.846 bits per heavy atom. The molecule has 0 nitrogen and oxygen atoms in total. The summed E-state index contributed by atoms with van der Waals surface area (Å²) in [4.78, 5) is 0. The van der Waals surface area contributed by atoms with Gasteiger partial charge in [-0.25, -0.2) is 0 Å². The fraction of sp³-hybridized carbons (Fsp3) is 0.636. The van der Waals surface area contributed by atoms with Gasteiger partial charge in [-0.3, -0.25) is 0 Å². The number of hydrogen-bond donors (Lipinski definition) is 0. The van der Waals surface area contributed by atoms with Crippen molar-refractivity contribution in [3.05, 3.63) is 24.3 Å². The van der Waals surface area contributed by atoms with Gasteiger partial charge in [0.1, 0.15) is 0 Å². The summed E-state index contributed by atoms with van der Waals surface area (Å²) in [6.07, 6.45) is 9.74. The van der Waals surface area contributed by atoms with Crippen LogP contribution in [0.15, 0.2) is 24.3 Å². The molecule has 0 N–H and O–H groups in total. The number of rotatable bonds is 0. The predicted octanol–water partition coefficient (Wildman–Crippen LogP) is 3.34. The summed E-state index contributed by atoms with van der Waals surface area (Å²) < 4.78 is 0.278. The van der Waals surface area contributed by atoms with Gasteiger partial charge in [-0.05, 0) is 35.5 Å². The molecule has 2 heteroatoms. The molecule has 13 heavy (non-hydrogen) atoms. The van der Waals surface area contributed by atoms with Gasteiger partial charge < -0.3 is 0 Å². The largest absolute Gasteiger partial charge is 0.0880 e. The molecule has 2 fully saturated rings. The van der Waals surface area contributed by atoms with Crippen LogP contribution in [-0.2, 0) is 0 Å². The number of allylic oxidation sites excluding steroid dienone is 4. The standard InChI is InChI=1S/C11H10Br2/c12-11(13)9-6-3-1-5-2-4-7(8(5)6)10(9)11/h1-10H. The van der Waals surface area contributed by atoms with Crippen LogP contribution in [0.1, 0.15) is 0 Å². The van der Waals surface area contributed by atoms with E-state index in [1.54, 1.807) is 0 Å². The maximum atomic E-state index is 3.81. The first-order valence-corrected chi connectivity index (χ1v) is 6.54. The van der Waals surface area contributed by atoms with Crippen molar-refractivity contribution in [2.24, 2.45) is 35.5 Å². The topological polar surface area (TPSA) is 0 Å². The summed E-state index contributed by atoms with van der Waals surface area (Å²) in [5.41, 5.74) is 0. The van der Waals surface area contributed by atoms with E-state index >= 15 is 0 Å². The van der Waals surface area contributed by atoms with Gasteiger partial charge >= 0.3 is 0 Å². The van der Waals surface area contributed by atoms with Gasteiger partial charge in [0.05, 0.1) is 3.23 Å². The molecule has 0 aromatic rings. The molecule has 4 rings (SSSR count). The van der Waals surface area contributed by atoms with Crippen LogP contribution in [0.25, 0.3) is 0 Å². The smallest absolute Gasteiger partial charge is 0.0841 e. The van der Waals surface area contributed by atoms with Gasteiger partial charge in [-0.2, -0.15) is 0 Å². The van der Waals surface area contributed by atoms with Gasteiger partial charge in [0, 0.05) is 0 Å². The molecule has 68 valence electrons. The molecule has 4 atom stereocenters. The summed E-state index contributed by atoms with van der Waals surface area (Å²) in [5, 5.41) is 0. The van der Waals surface area contributed by atoms with E-state index in [-0.39, 0.29) is 3.23 Å². The van der Waals surface area contributed by atoms with E-state index in [4.69, 9.17) is 0 Å². The van der Waals surface area contributed by atoms with Crippen molar-refractivity contribution >= 4 is 31.9 Å². The van der Waals surface area contributed by atoms with Crippen LogP contribution in [0.3, 0.4) is 0 Å². The predicted molar refractivity (Wildman–Crippen MR) is 59.8 cm³/mol. The summed E-state index contributed by atoms with van der Waals surface area (Å²) in [5.74, 6) is 5.10. The monoisotopic (exact) mass is 300 g/mol. The Labute approximate surface area is 94.7 Å². The molecule has 4 aliphatic rings. The highest BCUT2D eigenvalue weighted by atomic mass is 79.9. The lowest BCUT2D eigenvalue weighted by Crippen LogP contribution is -2.20. The highest BCUT2D eigenvalue weighted by molar-refractivity contribution is 9.25. The minimum atomic E-state index is 0.278. The molecule has 4 aliphatic carbocycles. The normalized spacial score (nSPS) is 62.6. The van der Waals surface area contributed by atoms with Crippen LogP contribution in [0.4, 0.5) is 0 Å². The quantitative estimate of drug-likeness (QED) is 0.475. The number of alkyl halides is 2. The van der Waals surface area contributed by atoms with Crippen LogP contribution in [-0.4, -0.2) is 3.23 Å². The average molecular weight is 302 g/mol. The second-order valence-corrected chi connectivity index (χ2v) is 8.49. The summed E-state index contributed by atoms with van der Waals surface area (Å²) in [6, 6.07) is 0. The first-order valence-electron chi connectivity index (χ1n) is 4.96. The minimum absolute atomic E-state index is 0.278. The van der Waals surface area contributed by atoms with E-state index in [1.807, 2.05) is 0 Å². The number of hydrogen-bond acceptors (Lipinski definition) is 0. The molecular formula is C11H10Br2. The van der Waals surface area contributed by atoms with Crippen LogP contribution in [0.5, 0.6) is 0 Å². The maximum absolute atomic E-state index is 3.81. The van der Waals surface area contributed by atoms with E-state index in [0.717, 1.165) is 35.5 Å². The lowest BCUT2D eigenvalue weighted by molar-refractivity contribution is 0.342.